The van der Waals surface area contributed by atoms with Crippen molar-refractivity contribution in [1.29, 1.82) is 0 Å². The van der Waals surface area contributed by atoms with Crippen molar-refractivity contribution in [3.05, 3.63) is 0 Å². The Morgan fingerprint density at radius 1 is 0.452 bits per heavy atom. The van der Waals surface area contributed by atoms with Crippen LogP contribution in [0, 0.1) is 0 Å². The molecule has 0 aliphatic rings. The lowest BCUT2D eigenvalue weighted by molar-refractivity contribution is -0.127. The highest BCUT2D eigenvalue weighted by Gasteiger charge is 2.17. The minimum Gasteiger partial charge on any atom is -0.359 e. The van der Waals surface area contributed by atoms with E-state index in [2.05, 4.69) is 21.3 Å². The normalized spacial score (nSPS) is 10.8. The lowest BCUT2D eigenvalue weighted by Gasteiger charge is -2.21. The number of nitrogens with one attached hydrogen (secondary N) is 4. The van der Waals surface area contributed by atoms with Gasteiger partial charge in [0.25, 0.3) is 0 Å². The summed E-state index contributed by atoms with van der Waals surface area (Å²) in [6.07, 6.45) is 13.4. The molecule has 0 fully saturated rings. The molecule has 0 saturated heterocycles. The zero-order chi connectivity index (χ0) is 31.4. The monoisotopic (exact) mass is 595 g/mol. The molecule has 0 saturated carbocycles. The Kier molecular flexibility index (Phi) is 25.2. The van der Waals surface area contributed by atoms with Gasteiger partial charge < -0.3 is 26.1 Å². The van der Waals surface area contributed by atoms with Gasteiger partial charge in [0.1, 0.15) is 11.6 Å². The van der Waals surface area contributed by atoms with E-state index >= 15 is 0 Å². The number of carbonyl (C=O) groups is 6. The van der Waals surface area contributed by atoms with Crippen LogP contribution in [0.3, 0.4) is 0 Å². The van der Waals surface area contributed by atoms with Gasteiger partial charge in [-0.15, -0.1) is 0 Å². The molecule has 11 nitrogen and oxygen atoms in total. The maximum atomic E-state index is 12.6. The van der Waals surface area contributed by atoms with Gasteiger partial charge in [0.15, 0.2) is 0 Å². The number of carbonyl (C=O) groups excluding carboxylic acids is 6. The average molecular weight is 596 g/mol. The third-order valence-corrected chi connectivity index (χ3v) is 6.98. The number of Topliss-reactive ketones (excluding diaryl/α,β-unsaturated/α-hetero) is 2. The number of nitrogens with zero attached hydrogens (tertiary/aromatic N) is 1. The Bertz CT molecular complexity index is 761. The van der Waals surface area contributed by atoms with Crippen molar-refractivity contribution >= 4 is 35.2 Å². The van der Waals surface area contributed by atoms with Crippen LogP contribution >= 0.6 is 0 Å². The standard InChI is InChI=1S/C31H57N5O6/c1-26(37)17-11-5-4-6-12-18-27(38)23-36(24-30(41)34-21-15-9-7-13-19-28(39)32-2)25-31(42)35-22-16-10-8-14-20-29(40)33-3/h4-25H2,1-3H3,(H,32,39)(H,33,40)(H,34,41)(H,35,42). The van der Waals surface area contributed by atoms with Gasteiger partial charge in [-0.3, -0.25) is 28.9 Å². The summed E-state index contributed by atoms with van der Waals surface area (Å²) in [7, 11) is 3.25. The molecule has 0 atom stereocenters. The smallest absolute Gasteiger partial charge is 0.234 e. The van der Waals surface area contributed by atoms with E-state index in [1.54, 1.807) is 25.9 Å². The Balaban J connectivity index is 4.49. The highest BCUT2D eigenvalue weighted by Crippen LogP contribution is 2.09. The first kappa shape index (κ1) is 39.2. The molecular weight excluding hydrogens is 538 g/mol. The van der Waals surface area contributed by atoms with E-state index in [1.165, 1.54) is 0 Å². The van der Waals surface area contributed by atoms with Crippen molar-refractivity contribution in [3.63, 3.8) is 0 Å². The highest BCUT2D eigenvalue weighted by molar-refractivity contribution is 5.85. The largest absolute Gasteiger partial charge is 0.359 e. The van der Waals surface area contributed by atoms with Gasteiger partial charge in [0, 0.05) is 52.9 Å². The zero-order valence-electron chi connectivity index (χ0n) is 26.5. The number of amides is 4. The molecule has 0 spiro atoms. The third-order valence-electron chi connectivity index (χ3n) is 6.98. The van der Waals surface area contributed by atoms with Crippen LogP contribution in [0.2, 0.25) is 0 Å². The molecule has 0 aliphatic carbocycles. The van der Waals surface area contributed by atoms with Crippen molar-refractivity contribution in [2.45, 2.75) is 116 Å². The summed E-state index contributed by atoms with van der Waals surface area (Å²) < 4.78 is 0. The van der Waals surface area contributed by atoms with Crippen molar-refractivity contribution in [1.82, 2.24) is 26.2 Å². The van der Waals surface area contributed by atoms with E-state index in [9.17, 15) is 28.8 Å². The first-order chi connectivity index (χ1) is 20.2. The van der Waals surface area contributed by atoms with Gasteiger partial charge >= 0.3 is 0 Å². The third kappa shape index (κ3) is 26.1. The summed E-state index contributed by atoms with van der Waals surface area (Å²) >= 11 is 0. The summed E-state index contributed by atoms with van der Waals surface area (Å²) in [6.45, 7) is 2.61. The SMILES string of the molecule is CNC(=O)CCCCCCNC(=O)CN(CC(=O)CCCCCCCC(C)=O)CC(=O)NCCCCCCC(=O)NC. The summed E-state index contributed by atoms with van der Waals surface area (Å²) in [5.41, 5.74) is 0. The van der Waals surface area contributed by atoms with Crippen LogP contribution < -0.4 is 21.3 Å². The molecule has 242 valence electrons. The van der Waals surface area contributed by atoms with Gasteiger partial charge in [-0.1, -0.05) is 44.9 Å². The predicted octanol–water partition coefficient (Wildman–Crippen LogP) is 2.80. The van der Waals surface area contributed by atoms with E-state index in [4.69, 9.17) is 0 Å². The van der Waals surface area contributed by atoms with E-state index < -0.39 is 0 Å². The molecule has 0 rings (SSSR count). The number of ketones is 2. The van der Waals surface area contributed by atoms with E-state index in [-0.39, 0.29) is 54.8 Å². The fourth-order valence-corrected chi connectivity index (χ4v) is 4.47. The van der Waals surface area contributed by atoms with E-state index in [0.29, 0.717) is 38.8 Å². The van der Waals surface area contributed by atoms with Crippen molar-refractivity contribution < 1.29 is 28.8 Å². The minimum atomic E-state index is -0.220. The summed E-state index contributed by atoms with van der Waals surface area (Å²) in [4.78, 5) is 73.0. The molecule has 0 heterocycles. The fourth-order valence-electron chi connectivity index (χ4n) is 4.47. The zero-order valence-corrected chi connectivity index (χ0v) is 26.5. The Morgan fingerprint density at radius 2 is 0.833 bits per heavy atom. The summed E-state index contributed by atoms with van der Waals surface area (Å²) in [5, 5.41) is 11.0. The van der Waals surface area contributed by atoms with Crippen LogP contribution in [0.25, 0.3) is 0 Å². The lowest BCUT2D eigenvalue weighted by atomic mass is 10.1. The van der Waals surface area contributed by atoms with E-state index in [1.807, 2.05) is 0 Å². The van der Waals surface area contributed by atoms with Gasteiger partial charge in [0.2, 0.25) is 23.6 Å². The number of hydrogen-bond acceptors (Lipinski definition) is 7. The first-order valence-electron chi connectivity index (χ1n) is 15.9. The maximum Gasteiger partial charge on any atom is 0.234 e. The lowest BCUT2D eigenvalue weighted by Crippen LogP contribution is -2.45. The fraction of sp³-hybridized carbons (Fsp3) is 0.806. The second-order valence-electron chi connectivity index (χ2n) is 11.0. The quantitative estimate of drug-likeness (QED) is 0.101. The molecule has 0 bridgehead atoms. The number of unbranched alkanes of at least 4 members (excludes halogenated alkanes) is 10. The minimum absolute atomic E-state index is 0.00608. The van der Waals surface area contributed by atoms with Crippen LogP contribution in [0.1, 0.15) is 116 Å². The highest BCUT2D eigenvalue weighted by atomic mass is 16.2. The van der Waals surface area contributed by atoms with Crippen molar-refractivity contribution in [2.75, 3.05) is 46.8 Å². The van der Waals surface area contributed by atoms with Gasteiger partial charge in [-0.2, -0.15) is 0 Å². The molecule has 42 heavy (non-hydrogen) atoms. The van der Waals surface area contributed by atoms with Gasteiger partial charge in [-0.05, 0) is 45.4 Å². The van der Waals surface area contributed by atoms with Crippen LogP contribution in [-0.2, 0) is 28.8 Å². The first-order valence-corrected chi connectivity index (χ1v) is 15.9. The number of hydrogen-bond donors (Lipinski definition) is 4. The van der Waals surface area contributed by atoms with Crippen molar-refractivity contribution in [3.8, 4) is 0 Å². The second-order valence-corrected chi connectivity index (χ2v) is 11.0. The average Bonchev–Trinajstić information content (AvgIpc) is 2.94. The number of rotatable bonds is 28. The maximum absolute atomic E-state index is 12.6. The van der Waals surface area contributed by atoms with Gasteiger partial charge in [0.05, 0.1) is 19.6 Å². The molecule has 11 heteroatoms. The van der Waals surface area contributed by atoms with Crippen molar-refractivity contribution in [2.24, 2.45) is 0 Å². The predicted molar refractivity (Wildman–Crippen MR) is 165 cm³/mol. The van der Waals surface area contributed by atoms with E-state index in [0.717, 1.165) is 83.5 Å². The Hall–Kier alpha value is -2.82. The molecular formula is C31H57N5O6. The molecule has 0 aromatic heterocycles. The molecule has 0 aliphatic heterocycles. The van der Waals surface area contributed by atoms with Crippen LogP contribution in [-0.4, -0.2) is 86.9 Å². The summed E-state index contributed by atoms with van der Waals surface area (Å²) in [6, 6.07) is 0. The van der Waals surface area contributed by atoms with Crippen LogP contribution in [0.5, 0.6) is 0 Å². The molecule has 0 aromatic carbocycles. The topological polar surface area (TPSA) is 154 Å². The molecule has 0 aromatic rings. The molecule has 0 unspecified atom stereocenters. The Labute approximate surface area is 253 Å². The summed E-state index contributed by atoms with van der Waals surface area (Å²) in [5.74, 6) is -0.167. The molecule has 4 amide bonds. The Morgan fingerprint density at radius 3 is 1.26 bits per heavy atom. The van der Waals surface area contributed by atoms with Crippen LogP contribution in [0.15, 0.2) is 0 Å². The molecule has 0 radical (unpaired) electrons. The van der Waals surface area contributed by atoms with Gasteiger partial charge in [-0.25, -0.2) is 0 Å². The van der Waals surface area contributed by atoms with Crippen LogP contribution in [0.4, 0.5) is 0 Å². The second kappa shape index (κ2) is 27.0. The molecule has 4 N–H and O–H groups in total.